The Morgan fingerprint density at radius 3 is 2.53 bits per heavy atom. The number of rotatable bonds is 8. The van der Waals surface area contributed by atoms with E-state index in [0.29, 0.717) is 11.7 Å². The second-order valence-electron chi connectivity index (χ2n) is 8.40. The Bertz CT molecular complexity index is 1330. The first-order valence-corrected chi connectivity index (χ1v) is 12.3. The Balaban J connectivity index is 1.49. The van der Waals surface area contributed by atoms with E-state index in [4.69, 9.17) is 17.0 Å². The molecule has 1 amide bonds. The molecule has 2 unspecified atom stereocenters. The van der Waals surface area contributed by atoms with Crippen LogP contribution in [-0.2, 0) is 4.79 Å². The first-order valence-electron chi connectivity index (χ1n) is 11.9. The van der Waals surface area contributed by atoms with Gasteiger partial charge in [-0.3, -0.25) is 9.78 Å². The number of benzene rings is 2. The van der Waals surface area contributed by atoms with Crippen LogP contribution in [0.1, 0.15) is 30.4 Å². The minimum Gasteiger partial charge on any atom is -0.494 e. The highest BCUT2D eigenvalue weighted by atomic mass is 32.1. The summed E-state index contributed by atoms with van der Waals surface area (Å²) in [6.07, 6.45) is 3.79. The lowest BCUT2D eigenvalue weighted by atomic mass is 10.0. The lowest BCUT2D eigenvalue weighted by molar-refractivity contribution is -0.116. The third kappa shape index (κ3) is 4.94. The predicted octanol–water partition coefficient (Wildman–Crippen LogP) is 4.88. The molecule has 2 aromatic heterocycles. The molecule has 4 aromatic rings. The zero-order valence-electron chi connectivity index (χ0n) is 19.9. The molecule has 2 N–H and O–H groups in total. The van der Waals surface area contributed by atoms with Crippen LogP contribution in [0.25, 0.3) is 5.69 Å². The molecule has 0 spiro atoms. The minimum atomic E-state index is -0.254. The number of aromatic nitrogens is 2. The Hall–Kier alpha value is -4.17. The van der Waals surface area contributed by atoms with E-state index in [0.717, 1.165) is 28.5 Å². The summed E-state index contributed by atoms with van der Waals surface area (Å²) in [6.45, 7) is 2.68. The van der Waals surface area contributed by atoms with E-state index in [-0.39, 0.29) is 24.5 Å². The van der Waals surface area contributed by atoms with Gasteiger partial charge in [-0.25, -0.2) is 0 Å². The molecule has 36 heavy (non-hydrogen) atoms. The smallest absolute Gasteiger partial charge is 0.244 e. The Labute approximate surface area is 215 Å². The number of carbonyl (C=O) groups is 1. The highest BCUT2D eigenvalue weighted by Gasteiger charge is 2.42. The Morgan fingerprint density at radius 2 is 1.81 bits per heavy atom. The van der Waals surface area contributed by atoms with Crippen molar-refractivity contribution in [1.29, 1.82) is 0 Å². The van der Waals surface area contributed by atoms with Gasteiger partial charge in [0.15, 0.2) is 5.11 Å². The van der Waals surface area contributed by atoms with Crippen LogP contribution in [0.2, 0.25) is 0 Å². The maximum atomic E-state index is 13.0. The van der Waals surface area contributed by atoms with Gasteiger partial charge in [0.2, 0.25) is 5.91 Å². The molecule has 182 valence electrons. The van der Waals surface area contributed by atoms with Crippen LogP contribution in [0.5, 0.6) is 5.75 Å². The van der Waals surface area contributed by atoms with Crippen molar-refractivity contribution in [3.8, 4) is 11.4 Å². The fourth-order valence-corrected chi connectivity index (χ4v) is 4.82. The topological polar surface area (TPSA) is 71.4 Å². The summed E-state index contributed by atoms with van der Waals surface area (Å²) in [5.74, 6) is 0.681. The van der Waals surface area contributed by atoms with E-state index >= 15 is 0 Å². The first-order chi connectivity index (χ1) is 17.6. The third-order valence-corrected chi connectivity index (χ3v) is 6.43. The van der Waals surface area contributed by atoms with Gasteiger partial charge >= 0.3 is 0 Å². The molecular formula is C28H27N5O2S. The van der Waals surface area contributed by atoms with Gasteiger partial charge in [-0.05, 0) is 79.8 Å². The molecule has 1 aliphatic rings. The number of para-hydroxylation sites is 1. The molecule has 2 atom stereocenters. The molecule has 1 fully saturated rings. The maximum absolute atomic E-state index is 13.0. The normalized spacial score (nSPS) is 17.0. The number of hydrogen-bond acceptors (Lipinski definition) is 4. The fraction of sp³-hybridized carbons (Fsp3) is 0.179. The molecule has 0 aliphatic carbocycles. The van der Waals surface area contributed by atoms with Gasteiger partial charge in [0.1, 0.15) is 12.3 Å². The fourth-order valence-electron chi connectivity index (χ4n) is 4.51. The summed E-state index contributed by atoms with van der Waals surface area (Å²) in [4.78, 5) is 19.6. The molecule has 1 aliphatic heterocycles. The molecule has 3 heterocycles. The van der Waals surface area contributed by atoms with E-state index in [1.54, 1.807) is 6.20 Å². The average Bonchev–Trinajstić information content (AvgIpc) is 3.50. The molecule has 0 radical (unpaired) electrons. The largest absolute Gasteiger partial charge is 0.494 e. The SMILES string of the molecule is CCOc1ccc(-n2cccc2C2C(c3ccccn3)NC(=S)N2CC(=O)Nc2ccccc2)cc1. The van der Waals surface area contributed by atoms with Crippen molar-refractivity contribution < 1.29 is 9.53 Å². The number of anilines is 1. The molecular weight excluding hydrogens is 470 g/mol. The minimum absolute atomic E-state index is 0.100. The number of amides is 1. The van der Waals surface area contributed by atoms with Crippen molar-refractivity contribution in [1.82, 2.24) is 19.8 Å². The van der Waals surface area contributed by atoms with Crippen molar-refractivity contribution in [3.05, 3.63) is 109 Å². The lowest BCUT2D eigenvalue weighted by Gasteiger charge is -2.28. The molecule has 7 nitrogen and oxygen atoms in total. The predicted molar refractivity (Wildman–Crippen MR) is 144 cm³/mol. The van der Waals surface area contributed by atoms with E-state index in [1.807, 2.05) is 96.9 Å². The van der Waals surface area contributed by atoms with Gasteiger partial charge in [-0.1, -0.05) is 24.3 Å². The van der Waals surface area contributed by atoms with E-state index in [9.17, 15) is 4.79 Å². The van der Waals surface area contributed by atoms with Crippen molar-refractivity contribution in [2.75, 3.05) is 18.5 Å². The van der Waals surface area contributed by atoms with Crippen LogP contribution in [0.3, 0.4) is 0 Å². The molecule has 0 saturated carbocycles. The summed E-state index contributed by atoms with van der Waals surface area (Å²) in [5.41, 5.74) is 3.59. The van der Waals surface area contributed by atoms with Gasteiger partial charge in [-0.15, -0.1) is 0 Å². The van der Waals surface area contributed by atoms with Crippen LogP contribution in [0, 0.1) is 0 Å². The highest BCUT2D eigenvalue weighted by molar-refractivity contribution is 7.80. The Kier molecular flexibility index (Phi) is 6.95. The average molecular weight is 498 g/mol. The molecule has 2 aromatic carbocycles. The summed E-state index contributed by atoms with van der Waals surface area (Å²) in [5, 5.41) is 6.90. The second kappa shape index (κ2) is 10.6. The second-order valence-corrected chi connectivity index (χ2v) is 8.79. The number of thiocarbonyl (C=S) groups is 1. The standard InChI is InChI=1S/C28H27N5O2S/c1-2-35-22-15-13-21(14-16-22)32-18-8-12-24(32)27-26(23-11-6-7-17-29-23)31-28(36)33(27)19-25(34)30-20-9-4-3-5-10-20/h3-18,26-27H,2,19H2,1H3,(H,30,34)(H,31,36). The monoisotopic (exact) mass is 497 g/mol. The Morgan fingerprint density at radius 1 is 1.03 bits per heavy atom. The van der Waals surface area contributed by atoms with E-state index < -0.39 is 0 Å². The van der Waals surface area contributed by atoms with E-state index in [1.165, 1.54) is 0 Å². The number of pyridine rings is 1. The third-order valence-electron chi connectivity index (χ3n) is 6.08. The van der Waals surface area contributed by atoms with Crippen LogP contribution in [-0.4, -0.2) is 38.6 Å². The number of hydrogen-bond donors (Lipinski definition) is 2. The van der Waals surface area contributed by atoms with Gasteiger partial charge in [-0.2, -0.15) is 0 Å². The lowest BCUT2D eigenvalue weighted by Crippen LogP contribution is -2.37. The van der Waals surface area contributed by atoms with Crippen molar-refractivity contribution >= 4 is 28.9 Å². The zero-order chi connectivity index (χ0) is 24.9. The van der Waals surface area contributed by atoms with Crippen LogP contribution in [0.4, 0.5) is 5.69 Å². The number of carbonyl (C=O) groups excluding carboxylic acids is 1. The van der Waals surface area contributed by atoms with Crippen molar-refractivity contribution in [3.63, 3.8) is 0 Å². The number of nitrogens with zero attached hydrogens (tertiary/aromatic N) is 3. The van der Waals surface area contributed by atoms with Gasteiger partial charge in [0, 0.05) is 29.5 Å². The van der Waals surface area contributed by atoms with Crippen LogP contribution < -0.4 is 15.4 Å². The van der Waals surface area contributed by atoms with Crippen molar-refractivity contribution in [2.45, 2.75) is 19.0 Å². The van der Waals surface area contributed by atoms with Crippen LogP contribution in [0.15, 0.2) is 97.3 Å². The van der Waals surface area contributed by atoms with Crippen molar-refractivity contribution in [2.24, 2.45) is 0 Å². The quantitative estimate of drug-likeness (QED) is 0.338. The first kappa shape index (κ1) is 23.6. The number of ether oxygens (including phenoxy) is 1. The zero-order valence-corrected chi connectivity index (χ0v) is 20.7. The summed E-state index contributed by atoms with van der Waals surface area (Å²) >= 11 is 5.74. The molecule has 0 bridgehead atoms. The summed E-state index contributed by atoms with van der Waals surface area (Å²) in [6, 6.07) is 26.8. The van der Waals surface area contributed by atoms with Gasteiger partial charge in [0.25, 0.3) is 0 Å². The number of nitrogens with one attached hydrogen (secondary N) is 2. The van der Waals surface area contributed by atoms with Crippen LogP contribution >= 0.6 is 12.2 Å². The maximum Gasteiger partial charge on any atom is 0.244 e. The molecule has 8 heteroatoms. The van der Waals surface area contributed by atoms with Gasteiger partial charge in [0.05, 0.1) is 24.4 Å². The summed E-state index contributed by atoms with van der Waals surface area (Å²) < 4.78 is 7.73. The van der Waals surface area contributed by atoms with E-state index in [2.05, 4.69) is 26.3 Å². The van der Waals surface area contributed by atoms with Gasteiger partial charge < -0.3 is 24.8 Å². The summed E-state index contributed by atoms with van der Waals surface area (Å²) in [7, 11) is 0. The highest BCUT2D eigenvalue weighted by Crippen LogP contribution is 2.39. The molecule has 1 saturated heterocycles. The molecule has 5 rings (SSSR count).